The highest BCUT2D eigenvalue weighted by Gasteiger charge is 2.35. The zero-order valence-electron chi connectivity index (χ0n) is 16.6. The lowest BCUT2D eigenvalue weighted by Gasteiger charge is -2.29. The summed E-state index contributed by atoms with van der Waals surface area (Å²) in [6.07, 6.45) is 0.467. The first kappa shape index (κ1) is 17.3. The summed E-state index contributed by atoms with van der Waals surface area (Å²) in [7, 11) is 2.08. The number of benzene rings is 3. The van der Waals surface area contributed by atoms with Gasteiger partial charge in [-0.05, 0) is 29.8 Å². The number of fused-ring (bicyclic) bond motifs is 6. The summed E-state index contributed by atoms with van der Waals surface area (Å²) < 4.78 is 2.21. The van der Waals surface area contributed by atoms with Crippen LogP contribution in [0.2, 0.25) is 0 Å². The number of nitrogens with two attached hydrogens (primary N) is 1. The van der Waals surface area contributed by atoms with Crippen LogP contribution in [0.5, 0.6) is 0 Å². The third kappa shape index (κ3) is 2.36. The number of carboxylic acid groups (broad SMARTS) is 1. The second kappa shape index (κ2) is 6.21. The van der Waals surface area contributed by atoms with Crippen LogP contribution in [0, 0.1) is 0 Å². The van der Waals surface area contributed by atoms with E-state index in [-0.39, 0.29) is 6.04 Å². The molecule has 0 fully saturated rings. The van der Waals surface area contributed by atoms with Crippen LogP contribution < -0.4 is 10.4 Å². The largest absolute Gasteiger partial charge is 0.544 e. The highest BCUT2D eigenvalue weighted by molar-refractivity contribution is 6.08. The lowest BCUT2D eigenvalue weighted by molar-refractivity contribution is -0.717. The van der Waals surface area contributed by atoms with Crippen molar-refractivity contribution in [1.29, 1.82) is 0 Å². The Kier molecular flexibility index (Phi) is 3.58. The van der Waals surface area contributed by atoms with Gasteiger partial charge in [-0.25, -0.2) is 0 Å². The molecule has 2 aromatic heterocycles. The molecule has 30 heavy (non-hydrogen) atoms. The van der Waals surface area contributed by atoms with Crippen molar-refractivity contribution < 1.29 is 15.2 Å². The average molecular weight is 395 g/mol. The summed E-state index contributed by atoms with van der Waals surface area (Å²) in [5.41, 5.74) is 6.68. The van der Waals surface area contributed by atoms with Gasteiger partial charge in [0.05, 0.1) is 11.7 Å². The maximum Gasteiger partial charge on any atom is 0.153 e. The number of carboxylic acids is 1. The fourth-order valence-corrected chi connectivity index (χ4v) is 5.14. The van der Waals surface area contributed by atoms with Crippen LogP contribution in [0.1, 0.15) is 22.9 Å². The molecule has 0 radical (unpaired) electrons. The van der Waals surface area contributed by atoms with Crippen LogP contribution in [0.4, 0.5) is 0 Å². The predicted molar refractivity (Wildman–Crippen MR) is 115 cm³/mol. The van der Waals surface area contributed by atoms with Gasteiger partial charge in [-0.2, -0.15) is 0 Å². The summed E-state index contributed by atoms with van der Waals surface area (Å²) in [6.45, 7) is 0. The number of hydrogen-bond acceptors (Lipinski definition) is 2. The van der Waals surface area contributed by atoms with Gasteiger partial charge < -0.3 is 24.8 Å². The van der Waals surface area contributed by atoms with Gasteiger partial charge in [-0.1, -0.05) is 42.5 Å². The number of rotatable bonds is 2. The molecule has 0 bridgehead atoms. The van der Waals surface area contributed by atoms with E-state index in [1.165, 1.54) is 21.8 Å². The Morgan fingerprint density at radius 1 is 1.00 bits per heavy atom. The Balaban J connectivity index is 1.58. The first-order valence-corrected chi connectivity index (χ1v) is 10.2. The van der Waals surface area contributed by atoms with E-state index in [1.807, 2.05) is 23.5 Å². The Hall–Kier alpha value is -3.57. The molecule has 2 atom stereocenters. The summed E-state index contributed by atoms with van der Waals surface area (Å²) >= 11 is 0. The summed E-state index contributed by atoms with van der Waals surface area (Å²) in [5, 5.41) is 17.3. The van der Waals surface area contributed by atoms with Crippen LogP contribution >= 0.6 is 0 Å². The SMILES string of the molecule is Cn1c2ccccc2c2cc([C@@H]3[NH2+][C@H](C(=O)[O-])Cc4c3[nH]c3ccccc43)ccc21. The number of carbonyl (C=O) groups is 1. The summed E-state index contributed by atoms with van der Waals surface area (Å²) in [5.74, 6) is -1.01. The fourth-order valence-electron chi connectivity index (χ4n) is 5.14. The van der Waals surface area contributed by atoms with Crippen LogP contribution in [-0.2, 0) is 18.3 Å². The maximum atomic E-state index is 11.8. The topological polar surface area (TPSA) is 77.5 Å². The monoisotopic (exact) mass is 395 g/mol. The molecule has 5 aromatic rings. The summed E-state index contributed by atoms with van der Waals surface area (Å²) in [4.78, 5) is 15.4. The van der Waals surface area contributed by atoms with Crippen molar-refractivity contribution in [2.45, 2.75) is 18.5 Å². The zero-order valence-corrected chi connectivity index (χ0v) is 16.6. The minimum atomic E-state index is -1.01. The van der Waals surface area contributed by atoms with E-state index in [2.05, 4.69) is 65.1 Å². The smallest absolute Gasteiger partial charge is 0.153 e. The van der Waals surface area contributed by atoms with Crippen molar-refractivity contribution in [2.75, 3.05) is 0 Å². The molecule has 3 N–H and O–H groups in total. The quantitative estimate of drug-likeness (QED) is 0.480. The first-order valence-electron chi connectivity index (χ1n) is 10.2. The molecule has 3 aromatic carbocycles. The van der Waals surface area contributed by atoms with E-state index in [1.54, 1.807) is 0 Å². The van der Waals surface area contributed by atoms with E-state index in [0.717, 1.165) is 27.7 Å². The molecule has 1 aliphatic heterocycles. The Morgan fingerprint density at radius 2 is 1.73 bits per heavy atom. The van der Waals surface area contributed by atoms with Gasteiger partial charge in [0, 0.05) is 51.7 Å². The lowest BCUT2D eigenvalue weighted by atomic mass is 9.90. The van der Waals surface area contributed by atoms with Gasteiger partial charge in [0.1, 0.15) is 6.04 Å². The first-order chi connectivity index (χ1) is 14.6. The number of H-pyrrole nitrogens is 1. The lowest BCUT2D eigenvalue weighted by Crippen LogP contribution is -2.95. The molecule has 148 valence electrons. The molecule has 5 nitrogen and oxygen atoms in total. The number of aliphatic carboxylic acids is 1. The van der Waals surface area contributed by atoms with Crippen molar-refractivity contribution in [1.82, 2.24) is 9.55 Å². The standard InChI is InChI=1S/C25H21N3O2/c1-28-21-9-5-3-7-16(21)17-12-14(10-11-22(17)28)23-24-18(13-20(27-23)25(29)30)15-6-2-4-8-19(15)26-24/h2-12,20,23,26-27H,13H2,1H3,(H,29,30)/t20-,23-/m0/s1. The Morgan fingerprint density at radius 3 is 2.57 bits per heavy atom. The third-order valence-electron chi connectivity index (χ3n) is 6.61. The number of para-hydroxylation sites is 2. The van der Waals surface area contributed by atoms with Crippen LogP contribution in [0.25, 0.3) is 32.7 Å². The highest BCUT2D eigenvalue weighted by Crippen LogP contribution is 2.35. The second-order valence-electron chi connectivity index (χ2n) is 8.22. The molecular formula is C25H21N3O2. The van der Waals surface area contributed by atoms with E-state index in [9.17, 15) is 9.90 Å². The number of nitrogens with one attached hydrogen (secondary N) is 1. The van der Waals surface area contributed by atoms with Crippen molar-refractivity contribution in [3.8, 4) is 0 Å². The number of aromatic nitrogens is 2. The van der Waals surface area contributed by atoms with Gasteiger partial charge in [0.25, 0.3) is 0 Å². The third-order valence-corrected chi connectivity index (χ3v) is 6.61. The van der Waals surface area contributed by atoms with Gasteiger partial charge in [-0.15, -0.1) is 0 Å². The number of quaternary nitrogens is 1. The zero-order chi connectivity index (χ0) is 20.4. The van der Waals surface area contributed by atoms with E-state index in [4.69, 9.17) is 0 Å². The number of carbonyl (C=O) groups excluding carboxylic acids is 1. The highest BCUT2D eigenvalue weighted by atomic mass is 16.4. The van der Waals surface area contributed by atoms with Crippen molar-refractivity contribution >= 4 is 38.7 Å². The second-order valence-corrected chi connectivity index (χ2v) is 8.22. The van der Waals surface area contributed by atoms with Crippen molar-refractivity contribution in [3.63, 3.8) is 0 Å². The van der Waals surface area contributed by atoms with Gasteiger partial charge in [0.2, 0.25) is 0 Å². The van der Waals surface area contributed by atoms with E-state index in [0.29, 0.717) is 6.42 Å². The number of aryl methyl sites for hydroxylation is 1. The predicted octanol–water partition coefficient (Wildman–Crippen LogP) is 2.14. The molecule has 3 heterocycles. The molecular weight excluding hydrogens is 374 g/mol. The van der Waals surface area contributed by atoms with Crippen LogP contribution in [0.3, 0.4) is 0 Å². The molecule has 0 amide bonds. The van der Waals surface area contributed by atoms with E-state index >= 15 is 0 Å². The van der Waals surface area contributed by atoms with Crippen LogP contribution in [0.15, 0.2) is 66.7 Å². The molecule has 0 aliphatic carbocycles. The molecule has 1 aliphatic rings. The molecule has 5 heteroatoms. The van der Waals surface area contributed by atoms with E-state index < -0.39 is 12.0 Å². The molecule has 6 rings (SSSR count). The normalized spacial score (nSPS) is 18.8. The Labute approximate surface area is 172 Å². The summed E-state index contributed by atoms with van der Waals surface area (Å²) in [6, 6.07) is 22.2. The Bertz CT molecular complexity index is 1460. The molecule has 0 spiro atoms. The van der Waals surface area contributed by atoms with Crippen molar-refractivity contribution in [2.24, 2.45) is 7.05 Å². The van der Waals surface area contributed by atoms with Gasteiger partial charge in [0.15, 0.2) is 6.04 Å². The molecule has 0 saturated heterocycles. The van der Waals surface area contributed by atoms with Crippen molar-refractivity contribution in [3.05, 3.63) is 83.6 Å². The molecule has 0 unspecified atom stereocenters. The minimum Gasteiger partial charge on any atom is -0.544 e. The fraction of sp³-hybridized carbons (Fsp3) is 0.160. The minimum absolute atomic E-state index is 0.118. The van der Waals surface area contributed by atoms with Gasteiger partial charge >= 0.3 is 0 Å². The maximum absolute atomic E-state index is 11.8. The van der Waals surface area contributed by atoms with Gasteiger partial charge in [-0.3, -0.25) is 0 Å². The van der Waals surface area contributed by atoms with Crippen LogP contribution in [-0.4, -0.2) is 21.6 Å². The number of nitrogens with zero attached hydrogens (tertiary/aromatic N) is 1. The molecule has 0 saturated carbocycles. The average Bonchev–Trinajstić information content (AvgIpc) is 3.29. The number of hydrogen-bond donors (Lipinski definition) is 2. The number of aromatic amines is 1.